The number of aromatic nitrogens is 2. The van der Waals surface area contributed by atoms with Crippen LogP contribution in [0.3, 0.4) is 0 Å². The second kappa shape index (κ2) is 4.34. The zero-order valence-electron chi connectivity index (χ0n) is 10.1. The summed E-state index contributed by atoms with van der Waals surface area (Å²) in [6.07, 6.45) is 6.52. The van der Waals surface area contributed by atoms with Crippen LogP contribution in [0, 0.1) is 0 Å². The van der Waals surface area contributed by atoms with Crippen LogP contribution < -0.4 is 5.32 Å². The molecule has 1 aromatic heterocycles. The van der Waals surface area contributed by atoms with Crippen molar-refractivity contribution >= 4 is 0 Å². The van der Waals surface area contributed by atoms with Crippen LogP contribution in [-0.2, 0) is 7.05 Å². The fourth-order valence-corrected chi connectivity index (χ4v) is 2.57. The summed E-state index contributed by atoms with van der Waals surface area (Å²) in [7, 11) is 1.96. The van der Waals surface area contributed by atoms with Gasteiger partial charge in [0.2, 0.25) is 0 Å². The first kappa shape index (κ1) is 10.5. The van der Waals surface area contributed by atoms with Gasteiger partial charge in [0.1, 0.15) is 0 Å². The molecule has 1 atom stereocenters. The van der Waals surface area contributed by atoms with E-state index in [1.807, 2.05) is 17.9 Å². The zero-order valence-corrected chi connectivity index (χ0v) is 10.1. The van der Waals surface area contributed by atoms with Gasteiger partial charge in [0, 0.05) is 24.8 Å². The van der Waals surface area contributed by atoms with E-state index < -0.39 is 0 Å². The average molecular weight is 227 g/mol. The van der Waals surface area contributed by atoms with Crippen molar-refractivity contribution in [2.75, 3.05) is 6.54 Å². The molecule has 17 heavy (non-hydrogen) atoms. The first-order valence-electron chi connectivity index (χ1n) is 6.16. The van der Waals surface area contributed by atoms with E-state index in [0.717, 1.165) is 6.54 Å². The number of nitrogens with one attached hydrogen (secondary N) is 1. The molecule has 1 fully saturated rings. The molecule has 0 saturated carbocycles. The minimum atomic E-state index is 0.506. The Morgan fingerprint density at radius 3 is 2.94 bits per heavy atom. The summed E-state index contributed by atoms with van der Waals surface area (Å²) >= 11 is 0. The quantitative estimate of drug-likeness (QED) is 0.854. The van der Waals surface area contributed by atoms with Crippen LogP contribution in [0.25, 0.3) is 11.1 Å². The van der Waals surface area contributed by atoms with E-state index in [9.17, 15) is 0 Å². The smallest absolute Gasteiger partial charge is 0.0568 e. The Kier molecular flexibility index (Phi) is 2.69. The van der Waals surface area contributed by atoms with Crippen molar-refractivity contribution in [3.05, 3.63) is 42.2 Å². The maximum Gasteiger partial charge on any atom is 0.0568 e. The third-order valence-electron chi connectivity index (χ3n) is 3.41. The molecule has 1 N–H and O–H groups in total. The molecule has 0 amide bonds. The minimum absolute atomic E-state index is 0.506. The van der Waals surface area contributed by atoms with Crippen LogP contribution in [0.4, 0.5) is 0 Å². The first-order chi connectivity index (χ1) is 8.34. The second-order valence-electron chi connectivity index (χ2n) is 4.64. The summed E-state index contributed by atoms with van der Waals surface area (Å²) in [6.45, 7) is 1.13. The fraction of sp³-hybridized carbons (Fsp3) is 0.357. The lowest BCUT2D eigenvalue weighted by Gasteiger charge is -2.14. The van der Waals surface area contributed by atoms with Crippen LogP contribution in [-0.4, -0.2) is 16.3 Å². The average Bonchev–Trinajstić information content (AvgIpc) is 3.00. The molecule has 0 unspecified atom stereocenters. The van der Waals surface area contributed by atoms with E-state index in [-0.39, 0.29) is 0 Å². The number of benzene rings is 1. The molecule has 0 bridgehead atoms. The van der Waals surface area contributed by atoms with Crippen LogP contribution in [0.1, 0.15) is 24.4 Å². The Morgan fingerprint density at radius 2 is 2.24 bits per heavy atom. The standard InChI is InChI=1S/C14H17N3/c1-17-10-11(9-16-17)12-5-2-3-6-13(12)14-7-4-8-15-14/h2-3,5-6,9-10,14-15H,4,7-8H2,1H3/t14-/m1/s1. The van der Waals surface area contributed by atoms with Crippen molar-refractivity contribution < 1.29 is 0 Å². The van der Waals surface area contributed by atoms with E-state index in [1.165, 1.54) is 29.5 Å². The van der Waals surface area contributed by atoms with E-state index in [0.29, 0.717) is 6.04 Å². The zero-order chi connectivity index (χ0) is 11.7. The summed E-state index contributed by atoms with van der Waals surface area (Å²) in [6, 6.07) is 9.14. The second-order valence-corrected chi connectivity index (χ2v) is 4.64. The minimum Gasteiger partial charge on any atom is -0.310 e. The highest BCUT2D eigenvalue weighted by atomic mass is 15.2. The molecule has 1 aliphatic rings. The van der Waals surface area contributed by atoms with Crippen LogP contribution in [0.2, 0.25) is 0 Å². The van der Waals surface area contributed by atoms with Crippen molar-refractivity contribution in [3.8, 4) is 11.1 Å². The van der Waals surface area contributed by atoms with Gasteiger partial charge in [-0.15, -0.1) is 0 Å². The van der Waals surface area contributed by atoms with Gasteiger partial charge in [0.25, 0.3) is 0 Å². The third kappa shape index (κ3) is 1.98. The summed E-state index contributed by atoms with van der Waals surface area (Å²) < 4.78 is 1.86. The maximum atomic E-state index is 4.26. The van der Waals surface area contributed by atoms with Gasteiger partial charge in [0.05, 0.1) is 6.20 Å². The predicted molar refractivity (Wildman–Crippen MR) is 68.6 cm³/mol. The summed E-state index contributed by atoms with van der Waals surface area (Å²) in [5.41, 5.74) is 3.91. The van der Waals surface area contributed by atoms with Crippen molar-refractivity contribution in [2.24, 2.45) is 7.05 Å². The summed E-state index contributed by atoms with van der Waals surface area (Å²) in [5.74, 6) is 0. The largest absolute Gasteiger partial charge is 0.310 e. The molecule has 2 heterocycles. The molecule has 3 rings (SSSR count). The highest BCUT2D eigenvalue weighted by Gasteiger charge is 2.19. The predicted octanol–water partition coefficient (Wildman–Crippen LogP) is 2.51. The Labute approximate surface area is 101 Å². The molecule has 0 aliphatic carbocycles. The van der Waals surface area contributed by atoms with Gasteiger partial charge in [-0.05, 0) is 30.5 Å². The molecular formula is C14H17N3. The molecule has 3 heteroatoms. The fourth-order valence-electron chi connectivity index (χ4n) is 2.57. The number of hydrogen-bond acceptors (Lipinski definition) is 2. The van der Waals surface area contributed by atoms with Gasteiger partial charge in [0.15, 0.2) is 0 Å². The molecule has 0 spiro atoms. The van der Waals surface area contributed by atoms with Crippen molar-refractivity contribution in [1.82, 2.24) is 15.1 Å². The number of nitrogens with zero attached hydrogens (tertiary/aromatic N) is 2. The van der Waals surface area contributed by atoms with Crippen molar-refractivity contribution in [1.29, 1.82) is 0 Å². The van der Waals surface area contributed by atoms with Gasteiger partial charge in [-0.25, -0.2) is 0 Å². The highest BCUT2D eigenvalue weighted by Crippen LogP contribution is 2.31. The normalized spacial score (nSPS) is 19.7. The van der Waals surface area contributed by atoms with E-state index >= 15 is 0 Å². The molecule has 88 valence electrons. The van der Waals surface area contributed by atoms with Gasteiger partial charge >= 0.3 is 0 Å². The van der Waals surface area contributed by atoms with Crippen molar-refractivity contribution in [2.45, 2.75) is 18.9 Å². The van der Waals surface area contributed by atoms with Crippen LogP contribution in [0.5, 0.6) is 0 Å². The Balaban J connectivity index is 2.03. The first-order valence-corrected chi connectivity index (χ1v) is 6.16. The van der Waals surface area contributed by atoms with Crippen LogP contribution >= 0.6 is 0 Å². The lowest BCUT2D eigenvalue weighted by atomic mass is 9.96. The molecule has 1 aliphatic heterocycles. The lowest BCUT2D eigenvalue weighted by molar-refractivity contribution is 0.649. The Morgan fingerprint density at radius 1 is 1.35 bits per heavy atom. The molecule has 3 nitrogen and oxygen atoms in total. The molecule has 2 aromatic rings. The monoisotopic (exact) mass is 227 g/mol. The molecule has 0 radical (unpaired) electrons. The van der Waals surface area contributed by atoms with E-state index in [2.05, 4.69) is 40.9 Å². The van der Waals surface area contributed by atoms with E-state index in [4.69, 9.17) is 0 Å². The number of aryl methyl sites for hydroxylation is 1. The topological polar surface area (TPSA) is 29.9 Å². The third-order valence-corrected chi connectivity index (χ3v) is 3.41. The van der Waals surface area contributed by atoms with Crippen LogP contribution in [0.15, 0.2) is 36.7 Å². The maximum absolute atomic E-state index is 4.26. The number of hydrogen-bond donors (Lipinski definition) is 1. The Bertz CT molecular complexity index is 510. The molecule has 1 aromatic carbocycles. The van der Waals surface area contributed by atoms with Gasteiger partial charge in [-0.3, -0.25) is 4.68 Å². The molecular weight excluding hydrogens is 210 g/mol. The van der Waals surface area contributed by atoms with Gasteiger partial charge < -0.3 is 5.32 Å². The number of rotatable bonds is 2. The summed E-state index contributed by atoms with van der Waals surface area (Å²) in [4.78, 5) is 0. The van der Waals surface area contributed by atoms with Gasteiger partial charge in [-0.1, -0.05) is 24.3 Å². The van der Waals surface area contributed by atoms with E-state index in [1.54, 1.807) is 0 Å². The Hall–Kier alpha value is -1.61. The highest BCUT2D eigenvalue weighted by molar-refractivity contribution is 5.66. The molecule has 1 saturated heterocycles. The SMILES string of the molecule is Cn1cc(-c2ccccc2[C@H]2CCCN2)cn1. The summed E-state index contributed by atoms with van der Waals surface area (Å²) in [5, 5.41) is 7.82. The van der Waals surface area contributed by atoms with Crippen molar-refractivity contribution in [3.63, 3.8) is 0 Å². The van der Waals surface area contributed by atoms with Gasteiger partial charge in [-0.2, -0.15) is 5.10 Å². The lowest BCUT2D eigenvalue weighted by Crippen LogP contribution is -2.13.